The molecule has 0 bridgehead atoms. The van der Waals surface area contributed by atoms with Crippen LogP contribution >= 0.6 is 0 Å². The topological polar surface area (TPSA) is 78.2 Å². The van der Waals surface area contributed by atoms with Gasteiger partial charge in [-0.1, -0.05) is 6.07 Å². The number of carbonyl (C=O) groups is 1. The number of piperidine rings is 1. The number of nitrogens with zero attached hydrogens (tertiary/aromatic N) is 6. The molecule has 2 fully saturated rings. The molecule has 0 radical (unpaired) electrons. The van der Waals surface area contributed by atoms with E-state index < -0.39 is 0 Å². The van der Waals surface area contributed by atoms with E-state index in [1.807, 2.05) is 41.9 Å². The molecule has 5 rings (SSSR count). The van der Waals surface area contributed by atoms with Gasteiger partial charge in [-0.3, -0.25) is 9.88 Å². The predicted molar refractivity (Wildman–Crippen MR) is 155 cm³/mol. The molecule has 3 aromatic heterocycles. The zero-order chi connectivity index (χ0) is 27.6. The van der Waals surface area contributed by atoms with Gasteiger partial charge in [0.2, 0.25) is 0 Å². The van der Waals surface area contributed by atoms with Crippen molar-refractivity contribution in [2.24, 2.45) is 0 Å². The van der Waals surface area contributed by atoms with Gasteiger partial charge >= 0.3 is 6.03 Å². The number of likely N-dealkylation sites (tertiary alicyclic amines) is 1. The van der Waals surface area contributed by atoms with Crippen LogP contribution in [0.5, 0.6) is 0 Å². The van der Waals surface area contributed by atoms with E-state index in [2.05, 4.69) is 65.3 Å². The molecule has 0 aromatic carbocycles. The Morgan fingerprint density at radius 3 is 2.56 bits per heavy atom. The molecule has 1 N–H and O–H groups in total. The van der Waals surface area contributed by atoms with Crippen molar-refractivity contribution in [2.45, 2.75) is 65.1 Å². The lowest BCUT2D eigenvalue weighted by molar-refractivity contribution is -0.0972. The highest BCUT2D eigenvalue weighted by Gasteiger charge is 2.39. The van der Waals surface area contributed by atoms with E-state index in [0.29, 0.717) is 25.7 Å². The molecule has 2 aliphatic rings. The Kier molecular flexibility index (Phi) is 8.09. The maximum atomic E-state index is 12.4. The number of anilines is 1. The Morgan fingerprint density at radius 2 is 1.90 bits per heavy atom. The summed E-state index contributed by atoms with van der Waals surface area (Å²) in [5, 5.41) is 7.57. The van der Waals surface area contributed by atoms with Gasteiger partial charge < -0.3 is 19.9 Å². The number of urea groups is 1. The van der Waals surface area contributed by atoms with Crippen molar-refractivity contribution in [1.29, 1.82) is 0 Å². The molecule has 39 heavy (non-hydrogen) atoms. The summed E-state index contributed by atoms with van der Waals surface area (Å²) in [7, 11) is 0. The Bertz CT molecular complexity index is 1260. The van der Waals surface area contributed by atoms with E-state index in [-0.39, 0.29) is 17.7 Å². The first kappa shape index (κ1) is 27.4. The third-order valence-electron chi connectivity index (χ3n) is 8.03. The number of hydrogen-bond acceptors (Lipinski definition) is 6. The van der Waals surface area contributed by atoms with Crippen LogP contribution < -0.4 is 10.2 Å². The Morgan fingerprint density at radius 1 is 1.10 bits per heavy atom. The average molecular weight is 534 g/mol. The van der Waals surface area contributed by atoms with Crippen molar-refractivity contribution in [1.82, 2.24) is 29.7 Å². The van der Waals surface area contributed by atoms with E-state index in [1.165, 1.54) is 0 Å². The minimum atomic E-state index is -0.308. The van der Waals surface area contributed by atoms with Gasteiger partial charge in [0.15, 0.2) is 0 Å². The van der Waals surface area contributed by atoms with Gasteiger partial charge in [0.05, 0.1) is 16.9 Å². The Labute approximate surface area is 232 Å². The number of pyridine rings is 1. The van der Waals surface area contributed by atoms with E-state index in [4.69, 9.17) is 9.72 Å². The molecular weight excluding hydrogens is 490 g/mol. The molecule has 2 amide bonds. The molecule has 2 saturated heterocycles. The largest absolute Gasteiger partial charge is 0.369 e. The van der Waals surface area contributed by atoms with Gasteiger partial charge in [-0.25, -0.2) is 9.31 Å². The molecule has 2 aliphatic heterocycles. The lowest BCUT2D eigenvalue weighted by Gasteiger charge is -2.44. The minimum Gasteiger partial charge on any atom is -0.369 e. The second kappa shape index (κ2) is 11.5. The van der Waals surface area contributed by atoms with Crippen LogP contribution in [0.4, 0.5) is 10.5 Å². The normalized spacial score (nSPS) is 20.8. The Hall–Kier alpha value is -3.17. The van der Waals surface area contributed by atoms with Crippen LogP contribution in [-0.4, -0.2) is 88.4 Å². The molecule has 0 unspecified atom stereocenters. The summed E-state index contributed by atoms with van der Waals surface area (Å²) >= 11 is 0. The second-order valence-electron chi connectivity index (χ2n) is 11.4. The van der Waals surface area contributed by atoms with E-state index in [0.717, 1.165) is 67.0 Å². The van der Waals surface area contributed by atoms with Crippen LogP contribution in [0.2, 0.25) is 0 Å². The van der Waals surface area contributed by atoms with Crippen LogP contribution in [0.25, 0.3) is 16.8 Å². The van der Waals surface area contributed by atoms with Crippen molar-refractivity contribution in [3.63, 3.8) is 0 Å². The monoisotopic (exact) mass is 533 g/mol. The SMILES string of the molecule is CCO[C@@]1(c2ccc(-c3cc4c(N5CCN(C(=O)NC(C)C)CC5)ccnn4c3)nc2)CCCN(C(C)C)C1. The fourth-order valence-electron chi connectivity index (χ4n) is 5.94. The van der Waals surface area contributed by atoms with Gasteiger partial charge in [-0.2, -0.15) is 5.10 Å². The minimum absolute atomic E-state index is 0.0141. The average Bonchev–Trinajstić information content (AvgIpc) is 3.38. The number of rotatable bonds is 7. The lowest BCUT2D eigenvalue weighted by Crippen LogP contribution is -2.53. The molecule has 3 aromatic rings. The van der Waals surface area contributed by atoms with Crippen molar-refractivity contribution in [2.75, 3.05) is 50.8 Å². The molecule has 1 atom stereocenters. The molecule has 9 nitrogen and oxygen atoms in total. The lowest BCUT2D eigenvalue weighted by atomic mass is 9.85. The van der Waals surface area contributed by atoms with Crippen molar-refractivity contribution in [3.05, 3.63) is 48.4 Å². The van der Waals surface area contributed by atoms with Gasteiger partial charge in [-0.15, -0.1) is 0 Å². The number of hydrogen-bond donors (Lipinski definition) is 1. The maximum absolute atomic E-state index is 12.4. The number of carbonyl (C=O) groups excluding carboxylic acids is 1. The van der Waals surface area contributed by atoms with Crippen LogP contribution in [-0.2, 0) is 10.3 Å². The van der Waals surface area contributed by atoms with Crippen molar-refractivity contribution in [3.8, 4) is 11.3 Å². The number of fused-ring (bicyclic) bond motifs is 1. The zero-order valence-electron chi connectivity index (χ0n) is 24.1. The third-order valence-corrected chi connectivity index (χ3v) is 8.03. The van der Waals surface area contributed by atoms with Crippen molar-refractivity contribution >= 4 is 17.2 Å². The van der Waals surface area contributed by atoms with E-state index in [9.17, 15) is 4.79 Å². The molecule has 0 saturated carbocycles. The number of piperazine rings is 1. The maximum Gasteiger partial charge on any atom is 0.317 e. The van der Waals surface area contributed by atoms with Gasteiger partial charge in [0, 0.05) is 81.1 Å². The second-order valence-corrected chi connectivity index (χ2v) is 11.4. The van der Waals surface area contributed by atoms with Crippen LogP contribution in [0.3, 0.4) is 0 Å². The summed E-state index contributed by atoms with van der Waals surface area (Å²) in [5.74, 6) is 0. The summed E-state index contributed by atoms with van der Waals surface area (Å²) in [6, 6.07) is 9.19. The molecule has 9 heteroatoms. The summed E-state index contributed by atoms with van der Waals surface area (Å²) in [5.41, 5.74) is 4.98. The molecular formula is C30H43N7O2. The molecule has 210 valence electrons. The van der Waals surface area contributed by atoms with Crippen LogP contribution in [0.15, 0.2) is 42.9 Å². The van der Waals surface area contributed by atoms with Crippen molar-refractivity contribution < 1.29 is 9.53 Å². The van der Waals surface area contributed by atoms with E-state index >= 15 is 0 Å². The number of nitrogens with one attached hydrogen (secondary N) is 1. The number of ether oxygens (including phenoxy) is 1. The molecule has 0 aliphatic carbocycles. The predicted octanol–water partition coefficient (Wildman–Crippen LogP) is 4.37. The van der Waals surface area contributed by atoms with Gasteiger partial charge in [0.25, 0.3) is 0 Å². The number of amides is 2. The standard InChI is InChI=1S/C30H43N7O2/c1-6-39-30(11-7-13-36(21-30)23(4)5)25-8-9-26(31-19-25)24-18-28-27(10-12-32-37(28)20-24)34-14-16-35(17-15-34)29(38)33-22(2)3/h8-10,12,18-20,22-23H,6-7,11,13-17,21H2,1-5H3,(H,33,38)/t30-/m0/s1. The van der Waals surface area contributed by atoms with Gasteiger partial charge in [0.1, 0.15) is 5.60 Å². The van der Waals surface area contributed by atoms with Gasteiger partial charge in [-0.05, 0) is 72.2 Å². The summed E-state index contributed by atoms with van der Waals surface area (Å²) in [6.07, 6.45) is 8.03. The Balaban J connectivity index is 1.35. The quantitative estimate of drug-likeness (QED) is 0.486. The fourth-order valence-corrected chi connectivity index (χ4v) is 5.94. The smallest absolute Gasteiger partial charge is 0.317 e. The molecule has 5 heterocycles. The highest BCUT2D eigenvalue weighted by atomic mass is 16.5. The first-order chi connectivity index (χ1) is 18.8. The summed E-state index contributed by atoms with van der Waals surface area (Å²) in [4.78, 5) is 24.1. The first-order valence-corrected chi connectivity index (χ1v) is 14.4. The number of aromatic nitrogens is 3. The summed E-state index contributed by atoms with van der Waals surface area (Å²) < 4.78 is 8.36. The molecule has 0 spiro atoms. The highest BCUT2D eigenvalue weighted by molar-refractivity contribution is 5.79. The third kappa shape index (κ3) is 5.75. The van der Waals surface area contributed by atoms with E-state index in [1.54, 1.807) is 0 Å². The zero-order valence-corrected chi connectivity index (χ0v) is 24.1. The summed E-state index contributed by atoms with van der Waals surface area (Å²) in [6.45, 7) is 16.2. The first-order valence-electron chi connectivity index (χ1n) is 14.4. The highest BCUT2D eigenvalue weighted by Crippen LogP contribution is 2.37. The fraction of sp³-hybridized carbons (Fsp3) is 0.567. The van der Waals surface area contributed by atoms with Crippen LogP contribution in [0, 0.1) is 0 Å². The van der Waals surface area contributed by atoms with Crippen LogP contribution in [0.1, 0.15) is 53.0 Å².